The second kappa shape index (κ2) is 9.33. The monoisotopic (exact) mass is 464 g/mol. The molecule has 162 valence electrons. The van der Waals surface area contributed by atoms with Crippen LogP contribution in [0.5, 0.6) is 11.5 Å². The van der Waals surface area contributed by atoms with Crippen LogP contribution in [0.3, 0.4) is 0 Å². The molecule has 0 bridgehead atoms. The third kappa shape index (κ3) is 5.60. The van der Waals surface area contributed by atoms with E-state index in [-0.39, 0.29) is 17.2 Å². The van der Waals surface area contributed by atoms with Gasteiger partial charge in [-0.2, -0.15) is 0 Å². The van der Waals surface area contributed by atoms with E-state index in [0.717, 1.165) is 22.6 Å². The summed E-state index contributed by atoms with van der Waals surface area (Å²) in [5, 5.41) is 5.41. The van der Waals surface area contributed by atoms with Crippen molar-refractivity contribution in [1.82, 2.24) is 4.98 Å². The number of para-hydroxylation sites is 1. The number of anilines is 1. The SMILES string of the molecule is CS(=O)(=O)c1ccc(NC(=O)Cc2csc(-c3cccc(Oc4ccccc4)c3)n2)cc1. The normalized spacial score (nSPS) is 11.2. The molecule has 0 spiro atoms. The van der Waals surface area contributed by atoms with Crippen molar-refractivity contribution in [2.75, 3.05) is 11.6 Å². The number of aromatic nitrogens is 1. The molecule has 0 radical (unpaired) electrons. The minimum absolute atomic E-state index is 0.116. The first-order chi connectivity index (χ1) is 15.4. The number of carbonyl (C=O) groups is 1. The Balaban J connectivity index is 1.40. The van der Waals surface area contributed by atoms with E-state index in [9.17, 15) is 13.2 Å². The molecule has 32 heavy (non-hydrogen) atoms. The lowest BCUT2D eigenvalue weighted by Gasteiger charge is -2.06. The number of benzene rings is 3. The van der Waals surface area contributed by atoms with Crippen molar-refractivity contribution < 1.29 is 17.9 Å². The average Bonchev–Trinajstić information content (AvgIpc) is 3.23. The second-order valence-electron chi connectivity index (χ2n) is 7.11. The highest BCUT2D eigenvalue weighted by Crippen LogP contribution is 2.29. The number of rotatable bonds is 7. The van der Waals surface area contributed by atoms with Crippen molar-refractivity contribution in [2.24, 2.45) is 0 Å². The number of sulfone groups is 1. The molecule has 3 aromatic carbocycles. The van der Waals surface area contributed by atoms with Gasteiger partial charge < -0.3 is 10.1 Å². The zero-order valence-corrected chi connectivity index (χ0v) is 18.8. The van der Waals surface area contributed by atoms with E-state index in [2.05, 4.69) is 10.3 Å². The maximum Gasteiger partial charge on any atom is 0.230 e. The molecule has 0 aliphatic heterocycles. The predicted octanol–water partition coefficient (Wildman–Crippen LogP) is 5.19. The van der Waals surface area contributed by atoms with Crippen molar-refractivity contribution in [3.8, 4) is 22.1 Å². The zero-order chi connectivity index (χ0) is 22.6. The number of hydrogen-bond acceptors (Lipinski definition) is 6. The van der Waals surface area contributed by atoms with Crippen molar-refractivity contribution in [3.05, 3.63) is 89.9 Å². The van der Waals surface area contributed by atoms with Crippen LogP contribution in [0.2, 0.25) is 0 Å². The fourth-order valence-electron chi connectivity index (χ4n) is 2.99. The van der Waals surface area contributed by atoms with Gasteiger partial charge in [-0.3, -0.25) is 4.79 Å². The number of carbonyl (C=O) groups excluding carboxylic acids is 1. The van der Waals surface area contributed by atoms with E-state index in [1.54, 1.807) is 12.1 Å². The third-order valence-electron chi connectivity index (χ3n) is 4.52. The summed E-state index contributed by atoms with van der Waals surface area (Å²) in [6, 6.07) is 23.3. The quantitative estimate of drug-likeness (QED) is 0.407. The average molecular weight is 465 g/mol. The van der Waals surface area contributed by atoms with Gasteiger partial charge in [0.05, 0.1) is 17.0 Å². The molecule has 1 N–H and O–H groups in total. The van der Waals surface area contributed by atoms with Crippen LogP contribution >= 0.6 is 11.3 Å². The van der Waals surface area contributed by atoms with Crippen LogP contribution in [0.4, 0.5) is 5.69 Å². The molecular formula is C24H20N2O4S2. The van der Waals surface area contributed by atoms with E-state index in [0.29, 0.717) is 17.1 Å². The lowest BCUT2D eigenvalue weighted by Crippen LogP contribution is -2.14. The summed E-state index contributed by atoms with van der Waals surface area (Å²) in [5.41, 5.74) is 2.10. The van der Waals surface area contributed by atoms with E-state index >= 15 is 0 Å². The van der Waals surface area contributed by atoms with Crippen LogP contribution in [0, 0.1) is 0 Å². The third-order valence-corrected chi connectivity index (χ3v) is 6.59. The Bertz CT molecular complexity index is 1330. The summed E-state index contributed by atoms with van der Waals surface area (Å²) in [4.78, 5) is 17.2. The molecule has 0 unspecified atom stereocenters. The van der Waals surface area contributed by atoms with Crippen LogP contribution in [0.15, 0.2) is 89.1 Å². The Morgan fingerprint density at radius 1 is 0.969 bits per heavy atom. The second-order valence-corrected chi connectivity index (χ2v) is 9.98. The molecule has 1 heterocycles. The molecular weight excluding hydrogens is 444 g/mol. The van der Waals surface area contributed by atoms with Gasteiger partial charge in [-0.25, -0.2) is 13.4 Å². The van der Waals surface area contributed by atoms with Crippen LogP contribution < -0.4 is 10.1 Å². The molecule has 6 nitrogen and oxygen atoms in total. The first-order valence-electron chi connectivity index (χ1n) is 9.74. The minimum atomic E-state index is -3.27. The van der Waals surface area contributed by atoms with E-state index < -0.39 is 9.84 Å². The maximum absolute atomic E-state index is 12.4. The molecule has 0 fully saturated rings. The molecule has 1 amide bonds. The zero-order valence-electron chi connectivity index (χ0n) is 17.2. The fraction of sp³-hybridized carbons (Fsp3) is 0.0833. The Hall–Kier alpha value is -3.49. The van der Waals surface area contributed by atoms with Crippen LogP contribution in [0.25, 0.3) is 10.6 Å². The summed E-state index contributed by atoms with van der Waals surface area (Å²) < 4.78 is 29.0. The van der Waals surface area contributed by atoms with Gasteiger partial charge in [0.1, 0.15) is 16.5 Å². The van der Waals surface area contributed by atoms with Gasteiger partial charge in [0, 0.05) is 22.9 Å². The summed E-state index contributed by atoms with van der Waals surface area (Å²) >= 11 is 1.46. The molecule has 0 aliphatic rings. The number of nitrogens with zero attached hydrogens (tertiary/aromatic N) is 1. The maximum atomic E-state index is 12.4. The van der Waals surface area contributed by atoms with Crippen LogP contribution in [-0.2, 0) is 21.1 Å². The van der Waals surface area contributed by atoms with Gasteiger partial charge >= 0.3 is 0 Å². The Morgan fingerprint density at radius 3 is 2.41 bits per heavy atom. The van der Waals surface area contributed by atoms with E-state index in [1.165, 1.54) is 23.5 Å². The van der Waals surface area contributed by atoms with Gasteiger partial charge in [0.15, 0.2) is 9.84 Å². The lowest BCUT2D eigenvalue weighted by molar-refractivity contribution is -0.115. The fourth-order valence-corrected chi connectivity index (χ4v) is 4.44. The Labute approximate surface area is 190 Å². The van der Waals surface area contributed by atoms with Crippen molar-refractivity contribution in [3.63, 3.8) is 0 Å². The van der Waals surface area contributed by atoms with E-state index in [1.807, 2.05) is 60.0 Å². The first kappa shape index (κ1) is 21.7. The highest BCUT2D eigenvalue weighted by molar-refractivity contribution is 7.90. The van der Waals surface area contributed by atoms with Crippen molar-refractivity contribution in [2.45, 2.75) is 11.3 Å². The highest BCUT2D eigenvalue weighted by Gasteiger charge is 2.11. The van der Waals surface area contributed by atoms with Crippen LogP contribution in [0.1, 0.15) is 5.69 Å². The molecule has 0 atom stereocenters. The number of hydrogen-bond donors (Lipinski definition) is 1. The lowest BCUT2D eigenvalue weighted by atomic mass is 10.2. The topological polar surface area (TPSA) is 85.4 Å². The minimum Gasteiger partial charge on any atom is -0.457 e. The predicted molar refractivity (Wildman–Crippen MR) is 126 cm³/mol. The number of nitrogens with one attached hydrogen (secondary N) is 1. The summed E-state index contributed by atoms with van der Waals surface area (Å²) in [6.45, 7) is 0. The van der Waals surface area contributed by atoms with Gasteiger partial charge in [-0.15, -0.1) is 11.3 Å². The molecule has 0 aliphatic carbocycles. The van der Waals surface area contributed by atoms with Gasteiger partial charge in [0.2, 0.25) is 5.91 Å². The smallest absolute Gasteiger partial charge is 0.230 e. The molecule has 8 heteroatoms. The standard InChI is InChI=1S/C24H20N2O4S2/c1-32(28,29)22-12-10-18(11-13-22)25-23(27)15-19-16-31-24(26-19)17-6-5-9-21(14-17)30-20-7-3-2-4-8-20/h2-14,16H,15H2,1H3,(H,25,27). The summed E-state index contributed by atoms with van der Waals surface area (Å²) in [7, 11) is -3.27. The molecule has 1 aromatic heterocycles. The van der Waals surface area contributed by atoms with Crippen molar-refractivity contribution >= 4 is 32.8 Å². The van der Waals surface area contributed by atoms with Crippen molar-refractivity contribution in [1.29, 1.82) is 0 Å². The summed E-state index contributed by atoms with van der Waals surface area (Å²) in [6.07, 6.45) is 1.26. The van der Waals surface area contributed by atoms with Crippen LogP contribution in [-0.4, -0.2) is 25.6 Å². The van der Waals surface area contributed by atoms with Gasteiger partial charge in [-0.05, 0) is 48.5 Å². The van der Waals surface area contributed by atoms with Gasteiger partial charge in [-0.1, -0.05) is 30.3 Å². The molecule has 0 saturated heterocycles. The first-order valence-corrected chi connectivity index (χ1v) is 12.5. The van der Waals surface area contributed by atoms with Gasteiger partial charge in [0.25, 0.3) is 0 Å². The number of thiazole rings is 1. The largest absolute Gasteiger partial charge is 0.457 e. The molecule has 0 saturated carbocycles. The Morgan fingerprint density at radius 2 is 1.69 bits per heavy atom. The number of amides is 1. The molecule has 4 rings (SSSR count). The van der Waals surface area contributed by atoms with E-state index in [4.69, 9.17) is 4.74 Å². The summed E-state index contributed by atoms with van der Waals surface area (Å²) in [5.74, 6) is 1.24. The Kier molecular flexibility index (Phi) is 6.34. The number of ether oxygens (including phenoxy) is 1. The highest BCUT2D eigenvalue weighted by atomic mass is 32.2. The molecule has 4 aromatic rings.